The number of carbonyl (C=O) groups excluding carboxylic acids is 1. The fourth-order valence-electron chi connectivity index (χ4n) is 5.62. The third kappa shape index (κ3) is 7.74. The Labute approximate surface area is 227 Å². The Morgan fingerprint density at radius 2 is 1.74 bits per heavy atom. The standard InChI is InChI=1S/C23H46N8O8/c24-7-9-3-4-10(25)22(37-9)39-20-11(26)6-12(31-14(33)2-1-5-30-23(28)29)15(18(20)35)21-19(36)16(27)17(34)13(8-32)38-21/h9-13,15-22,32,34-36H,1-8,24-27H2,(H,31,33)(H4,28,29,30). The smallest absolute Gasteiger partial charge is 0.220 e. The number of hydrogen-bond acceptors (Lipinski definition) is 13. The Morgan fingerprint density at radius 1 is 1.03 bits per heavy atom. The topological polar surface area (TPSA) is 306 Å². The number of aliphatic hydroxyl groups is 4. The van der Waals surface area contributed by atoms with Crippen LogP contribution in [0.25, 0.3) is 0 Å². The highest BCUT2D eigenvalue weighted by atomic mass is 16.7. The molecule has 2 saturated heterocycles. The van der Waals surface area contributed by atoms with Crippen molar-refractivity contribution >= 4 is 11.9 Å². The number of hydrogen-bond donors (Lipinski definition) is 11. The molecule has 16 nitrogen and oxygen atoms in total. The number of nitrogens with zero attached hydrogens (tertiary/aromatic N) is 1. The summed E-state index contributed by atoms with van der Waals surface area (Å²) in [5, 5.41) is 45.5. The number of nitrogens with one attached hydrogen (secondary N) is 1. The van der Waals surface area contributed by atoms with Crippen LogP contribution in [0.5, 0.6) is 0 Å². The van der Waals surface area contributed by atoms with Crippen molar-refractivity contribution in [3.8, 4) is 0 Å². The summed E-state index contributed by atoms with van der Waals surface area (Å²) in [6.45, 7) is -0.0489. The van der Waals surface area contributed by atoms with Gasteiger partial charge in [-0.25, -0.2) is 0 Å². The van der Waals surface area contributed by atoms with Crippen molar-refractivity contribution in [2.45, 2.75) is 105 Å². The molecule has 13 unspecified atom stereocenters. The van der Waals surface area contributed by atoms with Crippen LogP contribution >= 0.6 is 0 Å². The molecule has 2 aliphatic heterocycles. The van der Waals surface area contributed by atoms with Gasteiger partial charge >= 0.3 is 0 Å². The highest BCUT2D eigenvalue weighted by Crippen LogP contribution is 2.37. The van der Waals surface area contributed by atoms with Gasteiger partial charge in [0, 0.05) is 37.5 Å². The Hall–Kier alpha value is -1.70. The maximum Gasteiger partial charge on any atom is 0.220 e. The minimum absolute atomic E-state index is 0.0808. The number of carbonyl (C=O) groups is 1. The van der Waals surface area contributed by atoms with Crippen molar-refractivity contribution in [1.29, 1.82) is 0 Å². The van der Waals surface area contributed by atoms with E-state index in [9.17, 15) is 25.2 Å². The molecule has 3 fully saturated rings. The summed E-state index contributed by atoms with van der Waals surface area (Å²) in [5.74, 6) is -1.42. The van der Waals surface area contributed by atoms with Crippen LogP contribution in [0.15, 0.2) is 4.99 Å². The van der Waals surface area contributed by atoms with Gasteiger partial charge in [-0.15, -0.1) is 0 Å². The molecule has 39 heavy (non-hydrogen) atoms. The van der Waals surface area contributed by atoms with Crippen LogP contribution in [-0.4, -0.2) is 125 Å². The highest BCUT2D eigenvalue weighted by Gasteiger charge is 2.54. The molecule has 0 bridgehead atoms. The van der Waals surface area contributed by atoms with Gasteiger partial charge in [0.1, 0.15) is 18.3 Å². The van der Waals surface area contributed by atoms with E-state index in [1.807, 2.05) is 0 Å². The zero-order valence-corrected chi connectivity index (χ0v) is 22.0. The lowest BCUT2D eigenvalue weighted by molar-refractivity contribution is -0.266. The lowest BCUT2D eigenvalue weighted by Gasteiger charge is -2.51. The minimum Gasteiger partial charge on any atom is -0.394 e. The normalized spacial score (nSPS) is 43.0. The van der Waals surface area contributed by atoms with Crippen molar-refractivity contribution in [2.24, 2.45) is 45.3 Å². The van der Waals surface area contributed by atoms with Crippen LogP contribution in [0, 0.1) is 5.92 Å². The van der Waals surface area contributed by atoms with Crippen molar-refractivity contribution in [2.75, 3.05) is 19.7 Å². The fraction of sp³-hybridized carbons (Fsp3) is 0.913. The maximum atomic E-state index is 12.8. The van der Waals surface area contributed by atoms with E-state index in [2.05, 4.69) is 10.3 Å². The summed E-state index contributed by atoms with van der Waals surface area (Å²) in [4.78, 5) is 16.6. The summed E-state index contributed by atoms with van der Waals surface area (Å²) in [7, 11) is 0. The molecule has 0 aromatic heterocycles. The second-order valence-corrected chi connectivity index (χ2v) is 10.6. The molecule has 1 aliphatic carbocycles. The molecule has 1 amide bonds. The van der Waals surface area contributed by atoms with Crippen molar-refractivity contribution < 1.29 is 39.4 Å². The summed E-state index contributed by atoms with van der Waals surface area (Å²) >= 11 is 0. The second kappa shape index (κ2) is 14.3. The summed E-state index contributed by atoms with van der Waals surface area (Å²) < 4.78 is 17.8. The molecule has 0 radical (unpaired) electrons. The maximum absolute atomic E-state index is 12.8. The average molecular weight is 563 g/mol. The minimum atomic E-state index is -1.44. The first-order valence-electron chi connectivity index (χ1n) is 13.4. The molecule has 3 rings (SSSR count). The molecule has 17 N–H and O–H groups in total. The number of aliphatic imine (C=N–C) groups is 1. The third-order valence-electron chi connectivity index (χ3n) is 7.80. The van der Waals surface area contributed by atoms with E-state index < -0.39 is 79.6 Å². The lowest BCUT2D eigenvalue weighted by Crippen LogP contribution is -2.71. The zero-order chi connectivity index (χ0) is 28.9. The number of guanidine groups is 1. The lowest BCUT2D eigenvalue weighted by atomic mass is 9.71. The molecule has 0 aromatic rings. The molecule has 0 aromatic carbocycles. The third-order valence-corrected chi connectivity index (χ3v) is 7.80. The summed E-state index contributed by atoms with van der Waals surface area (Å²) in [6.07, 6.45) is -6.75. The molecule has 0 spiro atoms. The largest absolute Gasteiger partial charge is 0.394 e. The Morgan fingerprint density at radius 3 is 2.38 bits per heavy atom. The Kier molecular flexibility index (Phi) is 11.6. The van der Waals surface area contributed by atoms with Gasteiger partial charge in [-0.3, -0.25) is 9.79 Å². The van der Waals surface area contributed by atoms with E-state index in [4.69, 9.17) is 48.6 Å². The summed E-state index contributed by atoms with van der Waals surface area (Å²) in [5.41, 5.74) is 35.1. The Balaban J connectivity index is 1.82. The second-order valence-electron chi connectivity index (χ2n) is 10.6. The predicted molar refractivity (Wildman–Crippen MR) is 139 cm³/mol. The number of ether oxygens (including phenoxy) is 3. The van der Waals surface area contributed by atoms with Crippen LogP contribution in [0.3, 0.4) is 0 Å². The van der Waals surface area contributed by atoms with Gasteiger partial charge in [0.2, 0.25) is 5.91 Å². The van der Waals surface area contributed by atoms with Crippen molar-refractivity contribution in [3.05, 3.63) is 0 Å². The number of aliphatic hydroxyl groups excluding tert-OH is 4. The highest BCUT2D eigenvalue weighted by molar-refractivity contribution is 5.77. The number of nitrogens with two attached hydrogens (primary N) is 6. The predicted octanol–water partition coefficient (Wildman–Crippen LogP) is -5.78. The quantitative estimate of drug-likeness (QED) is 0.0671. The first-order valence-corrected chi connectivity index (χ1v) is 13.4. The van der Waals surface area contributed by atoms with E-state index >= 15 is 0 Å². The van der Waals surface area contributed by atoms with Gasteiger partial charge in [0.15, 0.2) is 12.2 Å². The SMILES string of the molecule is NCC1CCC(N)C(OC2C(N)CC(NC(=O)CCCN=C(N)N)C(C3OC(CO)C(O)C(N)C3O)C2O)O1. The van der Waals surface area contributed by atoms with Crippen LogP contribution in [0.4, 0.5) is 0 Å². The van der Waals surface area contributed by atoms with Gasteiger partial charge in [0.05, 0.1) is 43.1 Å². The summed E-state index contributed by atoms with van der Waals surface area (Å²) in [6, 6.07) is -3.19. The van der Waals surface area contributed by atoms with E-state index in [-0.39, 0.29) is 43.9 Å². The monoisotopic (exact) mass is 562 g/mol. The van der Waals surface area contributed by atoms with Crippen LogP contribution in [-0.2, 0) is 19.0 Å². The molecular formula is C23H46N8O8. The molecule has 13 atom stereocenters. The van der Waals surface area contributed by atoms with E-state index in [0.29, 0.717) is 19.3 Å². The van der Waals surface area contributed by atoms with Gasteiger partial charge in [-0.2, -0.15) is 0 Å². The first-order chi connectivity index (χ1) is 18.5. The number of amides is 1. The molecular weight excluding hydrogens is 516 g/mol. The van der Waals surface area contributed by atoms with Crippen molar-refractivity contribution in [1.82, 2.24) is 5.32 Å². The van der Waals surface area contributed by atoms with Gasteiger partial charge < -0.3 is 74.4 Å². The molecule has 1 saturated carbocycles. The van der Waals surface area contributed by atoms with Crippen LogP contribution < -0.4 is 39.7 Å². The molecule has 226 valence electrons. The number of rotatable bonds is 10. The zero-order valence-electron chi connectivity index (χ0n) is 22.0. The van der Waals surface area contributed by atoms with Gasteiger partial charge in [-0.1, -0.05) is 0 Å². The Bertz CT molecular complexity index is 821. The van der Waals surface area contributed by atoms with Crippen LogP contribution in [0.2, 0.25) is 0 Å². The molecule has 16 heteroatoms. The molecule has 2 heterocycles. The molecule has 3 aliphatic rings. The van der Waals surface area contributed by atoms with E-state index in [1.165, 1.54) is 0 Å². The van der Waals surface area contributed by atoms with Gasteiger partial charge in [-0.05, 0) is 25.7 Å². The average Bonchev–Trinajstić information content (AvgIpc) is 2.89. The fourth-order valence-corrected chi connectivity index (χ4v) is 5.62. The first kappa shape index (κ1) is 31.8. The van der Waals surface area contributed by atoms with E-state index in [0.717, 1.165) is 0 Å². The van der Waals surface area contributed by atoms with Crippen molar-refractivity contribution in [3.63, 3.8) is 0 Å². The van der Waals surface area contributed by atoms with Crippen LogP contribution in [0.1, 0.15) is 32.1 Å². The van der Waals surface area contributed by atoms with E-state index in [1.54, 1.807) is 0 Å². The van der Waals surface area contributed by atoms with Gasteiger partial charge in [0.25, 0.3) is 0 Å².